The minimum atomic E-state index is -0.741. The van der Waals surface area contributed by atoms with E-state index in [2.05, 4.69) is 11.3 Å². The Balaban J connectivity index is 2.17. The lowest BCUT2D eigenvalue weighted by atomic mass is 10.1. The number of hydrogen-bond acceptors (Lipinski definition) is 5. The first-order chi connectivity index (χ1) is 10.4. The van der Waals surface area contributed by atoms with Crippen LogP contribution in [-0.2, 0) is 9.53 Å². The third-order valence-corrected chi connectivity index (χ3v) is 3.07. The van der Waals surface area contributed by atoms with Crippen LogP contribution in [0, 0.1) is 0 Å². The van der Waals surface area contributed by atoms with Crippen molar-refractivity contribution in [2.24, 2.45) is 0 Å². The fraction of sp³-hybridized carbons (Fsp3) is 0.118. The van der Waals surface area contributed by atoms with Crippen molar-refractivity contribution >= 4 is 17.9 Å². The van der Waals surface area contributed by atoms with Gasteiger partial charge >= 0.3 is 17.9 Å². The maximum absolute atomic E-state index is 11.9. The van der Waals surface area contributed by atoms with Gasteiger partial charge in [0.2, 0.25) is 0 Å². The van der Waals surface area contributed by atoms with Crippen molar-refractivity contribution in [1.82, 2.24) is 0 Å². The SMILES string of the molecule is C=C/C(C)=C\C=C(/C)C(=O)Oc1ccc2c(c1)C(=O)OC2=O. The van der Waals surface area contributed by atoms with E-state index in [4.69, 9.17) is 4.74 Å². The topological polar surface area (TPSA) is 69.7 Å². The van der Waals surface area contributed by atoms with Gasteiger partial charge in [0.25, 0.3) is 0 Å². The summed E-state index contributed by atoms with van der Waals surface area (Å²) in [7, 11) is 0. The van der Waals surface area contributed by atoms with Gasteiger partial charge in [-0.25, -0.2) is 14.4 Å². The third-order valence-electron chi connectivity index (χ3n) is 3.07. The van der Waals surface area contributed by atoms with E-state index >= 15 is 0 Å². The molecule has 0 aliphatic carbocycles. The van der Waals surface area contributed by atoms with Gasteiger partial charge in [-0.05, 0) is 32.0 Å². The molecule has 5 heteroatoms. The van der Waals surface area contributed by atoms with Gasteiger partial charge in [-0.3, -0.25) is 0 Å². The van der Waals surface area contributed by atoms with Gasteiger partial charge in [0.15, 0.2) is 0 Å². The zero-order valence-corrected chi connectivity index (χ0v) is 12.2. The Morgan fingerprint density at radius 2 is 1.82 bits per heavy atom. The van der Waals surface area contributed by atoms with Gasteiger partial charge in [0.05, 0.1) is 11.1 Å². The predicted octanol–water partition coefficient (Wildman–Crippen LogP) is 2.98. The summed E-state index contributed by atoms with van der Waals surface area (Å²) in [6.07, 6.45) is 5.02. The molecule has 0 saturated heterocycles. The molecule has 1 aliphatic heterocycles. The lowest BCUT2D eigenvalue weighted by Crippen LogP contribution is -2.09. The molecule has 0 spiro atoms. The zero-order chi connectivity index (χ0) is 16.3. The number of cyclic esters (lactones) is 2. The number of allylic oxidation sites excluding steroid dienone is 4. The first-order valence-corrected chi connectivity index (χ1v) is 6.52. The quantitative estimate of drug-likeness (QED) is 0.281. The van der Waals surface area contributed by atoms with Gasteiger partial charge in [-0.1, -0.05) is 30.4 Å². The van der Waals surface area contributed by atoms with Crippen molar-refractivity contribution in [3.05, 3.63) is 65.3 Å². The average molecular weight is 298 g/mol. The van der Waals surface area contributed by atoms with E-state index < -0.39 is 17.9 Å². The predicted molar refractivity (Wildman–Crippen MR) is 79.5 cm³/mol. The molecule has 1 aromatic carbocycles. The van der Waals surface area contributed by atoms with Crippen LogP contribution in [0.1, 0.15) is 34.6 Å². The molecular formula is C17H14O5. The molecule has 1 aliphatic rings. The highest BCUT2D eigenvalue weighted by molar-refractivity contribution is 6.14. The molecule has 2 rings (SSSR count). The second-order valence-electron chi connectivity index (χ2n) is 4.74. The number of ether oxygens (including phenoxy) is 2. The molecule has 1 heterocycles. The number of hydrogen-bond donors (Lipinski definition) is 0. The smallest absolute Gasteiger partial charge is 0.347 e. The summed E-state index contributed by atoms with van der Waals surface area (Å²) in [6, 6.07) is 4.15. The number of carbonyl (C=O) groups is 3. The van der Waals surface area contributed by atoms with Crippen molar-refractivity contribution < 1.29 is 23.9 Å². The first kappa shape index (κ1) is 15.4. The summed E-state index contributed by atoms with van der Waals surface area (Å²) >= 11 is 0. The second-order valence-corrected chi connectivity index (χ2v) is 4.74. The molecule has 0 N–H and O–H groups in total. The van der Waals surface area contributed by atoms with Crippen LogP contribution in [0.3, 0.4) is 0 Å². The van der Waals surface area contributed by atoms with Gasteiger partial charge in [0.1, 0.15) is 5.75 Å². The zero-order valence-electron chi connectivity index (χ0n) is 12.2. The summed E-state index contributed by atoms with van der Waals surface area (Å²) in [5.74, 6) is -1.81. The lowest BCUT2D eigenvalue weighted by molar-refractivity contribution is -0.130. The van der Waals surface area contributed by atoms with Crippen LogP contribution in [0.25, 0.3) is 0 Å². The Bertz CT molecular complexity index is 737. The minimum Gasteiger partial charge on any atom is -0.423 e. The molecule has 22 heavy (non-hydrogen) atoms. The van der Waals surface area contributed by atoms with Crippen LogP contribution in [-0.4, -0.2) is 17.9 Å². The molecular weight excluding hydrogens is 284 g/mol. The molecule has 0 saturated carbocycles. The van der Waals surface area contributed by atoms with E-state index in [0.717, 1.165) is 5.57 Å². The van der Waals surface area contributed by atoms with Crippen LogP contribution in [0.2, 0.25) is 0 Å². The Morgan fingerprint density at radius 3 is 2.50 bits per heavy atom. The van der Waals surface area contributed by atoms with E-state index in [1.807, 2.05) is 6.92 Å². The molecule has 0 radical (unpaired) electrons. The first-order valence-electron chi connectivity index (χ1n) is 6.52. The van der Waals surface area contributed by atoms with Gasteiger partial charge in [-0.15, -0.1) is 0 Å². The van der Waals surface area contributed by atoms with Crippen molar-refractivity contribution in [2.45, 2.75) is 13.8 Å². The van der Waals surface area contributed by atoms with E-state index in [0.29, 0.717) is 5.57 Å². The maximum atomic E-state index is 11.9. The number of rotatable bonds is 4. The van der Waals surface area contributed by atoms with Gasteiger partial charge < -0.3 is 9.47 Å². The normalized spacial score (nSPS) is 14.5. The fourth-order valence-electron chi connectivity index (χ4n) is 1.71. The van der Waals surface area contributed by atoms with Crippen LogP contribution in [0.4, 0.5) is 0 Å². The molecule has 112 valence electrons. The second kappa shape index (κ2) is 6.22. The molecule has 5 nitrogen and oxygen atoms in total. The van der Waals surface area contributed by atoms with Crippen LogP contribution in [0.5, 0.6) is 5.75 Å². The summed E-state index contributed by atoms with van der Waals surface area (Å²) in [5, 5.41) is 0. The van der Waals surface area contributed by atoms with Gasteiger partial charge in [-0.2, -0.15) is 0 Å². The largest absolute Gasteiger partial charge is 0.423 e. The summed E-state index contributed by atoms with van der Waals surface area (Å²) in [4.78, 5) is 34.7. The highest BCUT2D eigenvalue weighted by Gasteiger charge is 2.30. The van der Waals surface area contributed by atoms with E-state index in [1.165, 1.54) is 18.2 Å². The standard InChI is InChI=1S/C17H14O5/c1-4-10(2)5-6-11(3)15(18)21-12-7-8-13-14(9-12)17(20)22-16(13)19/h4-9H,1H2,2-3H3/b10-5-,11-6+. The highest BCUT2D eigenvalue weighted by atomic mass is 16.6. The molecule has 1 aromatic rings. The monoisotopic (exact) mass is 298 g/mol. The Labute approximate surface area is 127 Å². The number of esters is 3. The third kappa shape index (κ3) is 3.20. The fourth-order valence-corrected chi connectivity index (χ4v) is 1.71. The Kier molecular flexibility index (Phi) is 4.36. The summed E-state index contributed by atoms with van der Waals surface area (Å²) < 4.78 is 9.64. The Morgan fingerprint density at radius 1 is 1.14 bits per heavy atom. The van der Waals surface area contributed by atoms with E-state index in [9.17, 15) is 14.4 Å². The van der Waals surface area contributed by atoms with Crippen LogP contribution in [0.15, 0.2) is 54.2 Å². The molecule has 0 fully saturated rings. The summed E-state index contributed by atoms with van der Waals surface area (Å²) in [6.45, 7) is 7.08. The molecule has 0 amide bonds. The van der Waals surface area contributed by atoms with Crippen molar-refractivity contribution in [3.63, 3.8) is 0 Å². The van der Waals surface area contributed by atoms with Gasteiger partial charge in [0, 0.05) is 5.57 Å². The van der Waals surface area contributed by atoms with Crippen molar-refractivity contribution in [1.29, 1.82) is 0 Å². The number of fused-ring (bicyclic) bond motifs is 1. The van der Waals surface area contributed by atoms with Crippen LogP contribution < -0.4 is 4.74 Å². The van der Waals surface area contributed by atoms with Crippen molar-refractivity contribution in [3.8, 4) is 5.75 Å². The Hall–Kier alpha value is -2.95. The molecule has 0 atom stereocenters. The number of carbonyl (C=O) groups excluding carboxylic acids is 3. The van der Waals surface area contributed by atoms with Crippen molar-refractivity contribution in [2.75, 3.05) is 0 Å². The lowest BCUT2D eigenvalue weighted by Gasteiger charge is -2.04. The molecule has 0 unspecified atom stereocenters. The minimum absolute atomic E-state index is 0.0966. The number of benzene rings is 1. The summed E-state index contributed by atoms with van der Waals surface area (Å²) in [5.41, 5.74) is 1.56. The van der Waals surface area contributed by atoms with E-state index in [1.54, 1.807) is 25.2 Å². The van der Waals surface area contributed by atoms with Crippen LogP contribution >= 0.6 is 0 Å². The molecule has 0 bridgehead atoms. The maximum Gasteiger partial charge on any atom is 0.347 e. The van der Waals surface area contributed by atoms with E-state index in [-0.39, 0.29) is 16.9 Å². The average Bonchev–Trinajstić information content (AvgIpc) is 2.78. The highest BCUT2D eigenvalue weighted by Crippen LogP contribution is 2.25. The molecule has 0 aromatic heterocycles.